The van der Waals surface area contributed by atoms with Crippen LogP contribution < -0.4 is 0 Å². The molecule has 0 saturated heterocycles. The second-order valence-electron chi connectivity index (χ2n) is 8.76. The Bertz CT molecular complexity index is 972. The van der Waals surface area contributed by atoms with E-state index in [1.165, 1.54) is 27.7 Å². The highest BCUT2D eigenvalue weighted by molar-refractivity contribution is 5.86. The van der Waals surface area contributed by atoms with Crippen molar-refractivity contribution in [1.29, 1.82) is 0 Å². The lowest BCUT2D eigenvalue weighted by atomic mass is 9.96. The largest absolute Gasteiger partial charge is 0.384 e. The van der Waals surface area contributed by atoms with Crippen LogP contribution in [0.5, 0.6) is 0 Å². The molecule has 1 unspecified atom stereocenters. The number of pyridine rings is 1. The van der Waals surface area contributed by atoms with Crippen LogP contribution in [0.2, 0.25) is 0 Å². The SMILES string of the molecule is CC(C)c1ccc2c3c(n(CC(C)(O)c4ccncc4)c2c1)CCN(C)CC3. The monoisotopic (exact) mass is 377 g/mol. The first-order chi connectivity index (χ1) is 13.4. The average molecular weight is 378 g/mol. The molecule has 0 aliphatic carbocycles. The summed E-state index contributed by atoms with van der Waals surface area (Å²) in [5.41, 5.74) is 5.41. The predicted molar refractivity (Wildman–Crippen MR) is 115 cm³/mol. The summed E-state index contributed by atoms with van der Waals surface area (Å²) < 4.78 is 2.39. The first-order valence-electron chi connectivity index (χ1n) is 10.3. The Balaban J connectivity index is 1.86. The zero-order valence-corrected chi connectivity index (χ0v) is 17.4. The van der Waals surface area contributed by atoms with Gasteiger partial charge in [-0.3, -0.25) is 4.98 Å². The van der Waals surface area contributed by atoms with E-state index in [1.54, 1.807) is 12.4 Å². The summed E-state index contributed by atoms with van der Waals surface area (Å²) in [6, 6.07) is 10.7. The zero-order chi connectivity index (χ0) is 19.9. The number of hydrogen-bond acceptors (Lipinski definition) is 3. The number of benzene rings is 1. The third-order valence-electron chi connectivity index (χ3n) is 6.22. The lowest BCUT2D eigenvalue weighted by Crippen LogP contribution is -2.29. The van der Waals surface area contributed by atoms with E-state index in [4.69, 9.17) is 0 Å². The summed E-state index contributed by atoms with van der Waals surface area (Å²) >= 11 is 0. The van der Waals surface area contributed by atoms with Crippen LogP contribution in [0.1, 0.15) is 49.1 Å². The lowest BCUT2D eigenvalue weighted by molar-refractivity contribution is 0.0387. The summed E-state index contributed by atoms with van der Waals surface area (Å²) in [6.07, 6.45) is 5.59. The lowest BCUT2D eigenvalue weighted by Gasteiger charge is -2.26. The highest BCUT2D eigenvalue weighted by Crippen LogP contribution is 2.34. The molecule has 0 saturated carbocycles. The summed E-state index contributed by atoms with van der Waals surface area (Å²) in [4.78, 5) is 6.51. The van der Waals surface area contributed by atoms with Crippen molar-refractivity contribution < 1.29 is 5.11 Å². The van der Waals surface area contributed by atoms with Gasteiger partial charge < -0.3 is 14.6 Å². The standard InChI is InChI=1S/C24H31N3O/c1-17(2)18-5-6-20-21-9-13-26(4)14-10-22(21)27(23(20)15-18)16-24(3,28)19-7-11-25-12-8-19/h5-8,11-12,15,17,28H,9-10,13-14,16H2,1-4H3. The average Bonchev–Trinajstić information content (AvgIpc) is 2.82. The van der Waals surface area contributed by atoms with E-state index in [2.05, 4.69) is 53.5 Å². The predicted octanol–water partition coefficient (Wildman–Crippen LogP) is 4.10. The molecule has 3 aromatic rings. The van der Waals surface area contributed by atoms with Crippen LogP contribution in [-0.2, 0) is 25.0 Å². The molecule has 3 heterocycles. The molecule has 1 N–H and O–H groups in total. The summed E-state index contributed by atoms with van der Waals surface area (Å²) in [6.45, 7) is 9.07. The van der Waals surface area contributed by atoms with Gasteiger partial charge in [-0.2, -0.15) is 0 Å². The first-order valence-corrected chi connectivity index (χ1v) is 10.3. The molecule has 1 aliphatic heterocycles. The molecule has 1 aromatic carbocycles. The quantitative estimate of drug-likeness (QED) is 0.744. The van der Waals surface area contributed by atoms with Gasteiger partial charge in [0.2, 0.25) is 0 Å². The molecule has 0 fully saturated rings. The number of fused-ring (bicyclic) bond motifs is 3. The van der Waals surface area contributed by atoms with Crippen LogP contribution in [0.4, 0.5) is 0 Å². The maximum atomic E-state index is 11.4. The summed E-state index contributed by atoms with van der Waals surface area (Å²) in [5.74, 6) is 0.486. The van der Waals surface area contributed by atoms with E-state index < -0.39 is 5.60 Å². The van der Waals surface area contributed by atoms with Gasteiger partial charge in [0.1, 0.15) is 5.60 Å². The number of nitrogens with zero attached hydrogens (tertiary/aromatic N) is 3. The molecule has 4 rings (SSSR count). The number of aliphatic hydroxyl groups is 1. The van der Waals surface area contributed by atoms with Gasteiger partial charge in [-0.1, -0.05) is 26.0 Å². The fourth-order valence-corrected chi connectivity index (χ4v) is 4.42. The third-order valence-corrected chi connectivity index (χ3v) is 6.22. The minimum absolute atomic E-state index is 0.486. The van der Waals surface area contributed by atoms with Crippen molar-refractivity contribution in [2.75, 3.05) is 20.1 Å². The molecule has 0 amide bonds. The van der Waals surface area contributed by atoms with E-state index in [1.807, 2.05) is 19.1 Å². The van der Waals surface area contributed by atoms with Crippen LogP contribution in [0, 0.1) is 0 Å². The van der Waals surface area contributed by atoms with Gasteiger partial charge in [0.25, 0.3) is 0 Å². The molecular formula is C24H31N3O. The van der Waals surface area contributed by atoms with E-state index in [0.29, 0.717) is 12.5 Å². The normalized spacial score (nSPS) is 17.5. The van der Waals surface area contributed by atoms with Gasteiger partial charge in [0, 0.05) is 48.5 Å². The number of likely N-dealkylation sites (N-methyl/N-ethyl adjacent to an activating group) is 1. The fraction of sp³-hybridized carbons (Fsp3) is 0.458. The van der Waals surface area contributed by atoms with Crippen molar-refractivity contribution in [3.05, 3.63) is 65.1 Å². The van der Waals surface area contributed by atoms with Crippen molar-refractivity contribution in [2.24, 2.45) is 0 Å². The number of rotatable bonds is 4. The topological polar surface area (TPSA) is 41.3 Å². The molecular weight excluding hydrogens is 346 g/mol. The van der Waals surface area contributed by atoms with Crippen LogP contribution in [0.15, 0.2) is 42.7 Å². The second-order valence-corrected chi connectivity index (χ2v) is 8.76. The molecule has 4 nitrogen and oxygen atoms in total. The van der Waals surface area contributed by atoms with Gasteiger partial charge in [-0.05, 0) is 61.2 Å². The number of aromatic nitrogens is 2. The van der Waals surface area contributed by atoms with Gasteiger partial charge in [-0.15, -0.1) is 0 Å². The Kier molecular flexibility index (Phi) is 5.02. The van der Waals surface area contributed by atoms with E-state index in [9.17, 15) is 5.11 Å². The van der Waals surface area contributed by atoms with Crippen molar-refractivity contribution in [1.82, 2.24) is 14.5 Å². The minimum Gasteiger partial charge on any atom is -0.384 e. The Morgan fingerprint density at radius 2 is 1.82 bits per heavy atom. The van der Waals surface area contributed by atoms with E-state index >= 15 is 0 Å². The van der Waals surface area contributed by atoms with Crippen LogP contribution in [0.25, 0.3) is 10.9 Å². The van der Waals surface area contributed by atoms with E-state index in [-0.39, 0.29) is 0 Å². The van der Waals surface area contributed by atoms with E-state index in [0.717, 1.165) is 31.5 Å². The molecule has 28 heavy (non-hydrogen) atoms. The molecule has 1 aliphatic rings. The molecule has 0 radical (unpaired) electrons. The molecule has 0 bridgehead atoms. The molecule has 148 valence electrons. The fourth-order valence-electron chi connectivity index (χ4n) is 4.42. The van der Waals surface area contributed by atoms with Crippen LogP contribution >= 0.6 is 0 Å². The zero-order valence-electron chi connectivity index (χ0n) is 17.4. The smallest absolute Gasteiger partial charge is 0.105 e. The highest BCUT2D eigenvalue weighted by Gasteiger charge is 2.28. The molecule has 1 atom stereocenters. The van der Waals surface area contributed by atoms with Crippen LogP contribution in [0.3, 0.4) is 0 Å². The summed E-state index contributed by atoms with van der Waals surface area (Å²) in [5, 5.41) is 12.7. The molecule has 0 spiro atoms. The van der Waals surface area contributed by atoms with Gasteiger partial charge >= 0.3 is 0 Å². The van der Waals surface area contributed by atoms with Crippen molar-refractivity contribution in [3.63, 3.8) is 0 Å². The third kappa shape index (κ3) is 3.47. The Morgan fingerprint density at radius 1 is 1.11 bits per heavy atom. The Labute approximate surface area is 167 Å². The van der Waals surface area contributed by atoms with Crippen LogP contribution in [-0.4, -0.2) is 39.7 Å². The Morgan fingerprint density at radius 3 is 2.54 bits per heavy atom. The van der Waals surface area contributed by atoms with Crippen molar-refractivity contribution >= 4 is 10.9 Å². The van der Waals surface area contributed by atoms with Gasteiger partial charge in [-0.25, -0.2) is 0 Å². The number of hydrogen-bond donors (Lipinski definition) is 1. The van der Waals surface area contributed by atoms with Crippen molar-refractivity contribution in [3.8, 4) is 0 Å². The Hall–Kier alpha value is -2.17. The van der Waals surface area contributed by atoms with Gasteiger partial charge in [0.15, 0.2) is 0 Å². The maximum absolute atomic E-state index is 11.4. The minimum atomic E-state index is -0.950. The maximum Gasteiger partial charge on any atom is 0.105 e. The molecule has 2 aromatic heterocycles. The highest BCUT2D eigenvalue weighted by atomic mass is 16.3. The second kappa shape index (κ2) is 7.34. The van der Waals surface area contributed by atoms with Gasteiger partial charge in [0.05, 0.1) is 6.54 Å². The first kappa shape index (κ1) is 19.2. The van der Waals surface area contributed by atoms with Crippen molar-refractivity contribution in [2.45, 2.75) is 51.7 Å². The summed E-state index contributed by atoms with van der Waals surface area (Å²) in [7, 11) is 2.20. The molecule has 4 heteroatoms.